The normalized spacial score (nSPS) is 17.0. The minimum Gasteiger partial charge on any atom is -0.466 e. The standard InChI is InChI=1S/C33H40Cl2N6O5/c1-45-31(43)28-24(13-12-21-8-4-3-5-9-21)39-25(29(32(44)46-2)30(28)27-22(34)10-6-11-23(27)35)20-26(42)41-18-16-40(17-19-41)15-7-14-38-33(36)37/h3-6,8-11,30,39H,7,12-20H2,1-2H3,(H4,36,37,38). The lowest BCUT2D eigenvalue weighted by Gasteiger charge is -2.36. The van der Waals surface area contributed by atoms with Crippen LogP contribution in [0.2, 0.25) is 10.0 Å². The molecular weight excluding hydrogens is 631 g/mol. The molecule has 2 aliphatic heterocycles. The number of carbonyl (C=O) groups excluding carboxylic acids is 3. The number of nitrogens with one attached hydrogen (secondary N) is 1. The second-order valence-corrected chi connectivity index (χ2v) is 11.8. The molecule has 0 radical (unpaired) electrons. The molecule has 0 saturated carbocycles. The van der Waals surface area contributed by atoms with Gasteiger partial charge in [0.05, 0.1) is 37.7 Å². The van der Waals surface area contributed by atoms with Crippen LogP contribution in [-0.2, 0) is 30.3 Å². The fraction of sp³-hybridized carbons (Fsp3) is 0.394. The highest BCUT2D eigenvalue weighted by Gasteiger charge is 2.42. The average molecular weight is 672 g/mol. The third kappa shape index (κ3) is 8.60. The molecule has 0 bridgehead atoms. The Hall–Kier alpha value is -4.06. The monoisotopic (exact) mass is 670 g/mol. The van der Waals surface area contributed by atoms with Crippen molar-refractivity contribution in [3.8, 4) is 0 Å². The maximum Gasteiger partial charge on any atom is 0.336 e. The van der Waals surface area contributed by atoms with E-state index in [-0.39, 0.29) is 39.5 Å². The summed E-state index contributed by atoms with van der Waals surface area (Å²) in [5, 5.41) is 3.81. The van der Waals surface area contributed by atoms with Gasteiger partial charge in [0.15, 0.2) is 5.96 Å². The van der Waals surface area contributed by atoms with Crippen LogP contribution in [0.1, 0.15) is 36.3 Å². The molecule has 2 aliphatic rings. The van der Waals surface area contributed by atoms with Crippen molar-refractivity contribution >= 4 is 47.0 Å². The summed E-state index contributed by atoms with van der Waals surface area (Å²) in [6.07, 6.45) is 1.64. The Balaban J connectivity index is 1.68. The molecule has 4 rings (SSSR count). The smallest absolute Gasteiger partial charge is 0.336 e. The number of dihydropyridines is 1. The number of nitrogens with two attached hydrogens (primary N) is 2. The lowest BCUT2D eigenvalue weighted by Crippen LogP contribution is -2.49. The Labute approximate surface area is 279 Å². The van der Waals surface area contributed by atoms with Crippen molar-refractivity contribution in [2.45, 2.75) is 31.6 Å². The number of rotatable bonds is 12. The molecule has 13 heteroatoms. The third-order valence-corrected chi connectivity index (χ3v) is 8.77. The van der Waals surface area contributed by atoms with Gasteiger partial charge >= 0.3 is 11.9 Å². The van der Waals surface area contributed by atoms with Crippen LogP contribution in [0, 0.1) is 0 Å². The summed E-state index contributed by atoms with van der Waals surface area (Å²) in [4.78, 5) is 48.9. The van der Waals surface area contributed by atoms with Gasteiger partial charge in [0, 0.05) is 66.3 Å². The number of hydrogen-bond acceptors (Lipinski definition) is 8. The van der Waals surface area contributed by atoms with Crippen molar-refractivity contribution in [2.24, 2.45) is 16.5 Å². The number of allylic oxidation sites excluding steroid dienone is 1. The number of benzene rings is 2. The van der Waals surface area contributed by atoms with Crippen molar-refractivity contribution in [1.82, 2.24) is 15.1 Å². The zero-order valence-electron chi connectivity index (χ0n) is 26.1. The maximum absolute atomic E-state index is 13.8. The van der Waals surface area contributed by atoms with E-state index in [2.05, 4.69) is 15.2 Å². The maximum atomic E-state index is 13.8. The lowest BCUT2D eigenvalue weighted by molar-refractivity contribution is -0.137. The Morgan fingerprint density at radius 3 is 2.07 bits per heavy atom. The van der Waals surface area contributed by atoms with E-state index in [1.165, 1.54) is 14.2 Å². The molecule has 1 amide bonds. The Bertz CT molecular complexity index is 1500. The number of piperazine rings is 1. The first-order valence-electron chi connectivity index (χ1n) is 15.1. The van der Waals surface area contributed by atoms with Gasteiger partial charge in [0.1, 0.15) is 0 Å². The number of ether oxygens (including phenoxy) is 2. The van der Waals surface area contributed by atoms with Crippen LogP contribution in [0.4, 0.5) is 0 Å². The minimum absolute atomic E-state index is 0.0724. The Morgan fingerprint density at radius 2 is 1.48 bits per heavy atom. The highest BCUT2D eigenvalue weighted by Crippen LogP contribution is 2.46. The van der Waals surface area contributed by atoms with E-state index < -0.39 is 17.9 Å². The number of carbonyl (C=O) groups is 3. The summed E-state index contributed by atoms with van der Waals surface area (Å²) in [6.45, 7) is 3.77. The number of aryl methyl sites for hydroxylation is 1. The van der Waals surface area contributed by atoms with Crippen LogP contribution in [0.15, 0.2) is 76.1 Å². The summed E-state index contributed by atoms with van der Waals surface area (Å²) in [5.41, 5.74) is 13.3. The van der Waals surface area contributed by atoms with E-state index >= 15 is 0 Å². The van der Waals surface area contributed by atoms with Crippen LogP contribution >= 0.6 is 23.2 Å². The molecule has 2 aromatic rings. The zero-order valence-corrected chi connectivity index (χ0v) is 27.6. The van der Waals surface area contributed by atoms with Gasteiger partial charge < -0.3 is 31.2 Å². The van der Waals surface area contributed by atoms with Crippen molar-refractivity contribution in [1.29, 1.82) is 0 Å². The second-order valence-electron chi connectivity index (χ2n) is 11.0. The third-order valence-electron chi connectivity index (χ3n) is 8.11. The van der Waals surface area contributed by atoms with Crippen LogP contribution in [-0.4, -0.2) is 87.1 Å². The summed E-state index contributed by atoms with van der Waals surface area (Å²) in [7, 11) is 2.52. The van der Waals surface area contributed by atoms with Crippen molar-refractivity contribution < 1.29 is 23.9 Å². The van der Waals surface area contributed by atoms with Gasteiger partial charge in [-0.05, 0) is 37.0 Å². The highest BCUT2D eigenvalue weighted by molar-refractivity contribution is 6.36. The van der Waals surface area contributed by atoms with Gasteiger partial charge in [-0.3, -0.25) is 14.7 Å². The summed E-state index contributed by atoms with van der Waals surface area (Å²) in [6, 6.07) is 14.7. The molecular formula is C33H40Cl2N6O5. The molecule has 1 unspecified atom stereocenters. The van der Waals surface area contributed by atoms with E-state index in [1.54, 1.807) is 23.1 Å². The van der Waals surface area contributed by atoms with Crippen molar-refractivity contribution in [3.05, 3.63) is 92.2 Å². The summed E-state index contributed by atoms with van der Waals surface area (Å²) in [5.74, 6) is -2.51. The number of esters is 2. The lowest BCUT2D eigenvalue weighted by atomic mass is 9.78. The largest absolute Gasteiger partial charge is 0.466 e. The van der Waals surface area contributed by atoms with Gasteiger partial charge in [-0.2, -0.15) is 0 Å². The molecule has 2 aromatic carbocycles. The van der Waals surface area contributed by atoms with Gasteiger partial charge in [0.2, 0.25) is 5.91 Å². The number of halogens is 2. The molecule has 0 spiro atoms. The van der Waals surface area contributed by atoms with Gasteiger partial charge in [0.25, 0.3) is 0 Å². The number of aliphatic imine (C=N–C) groups is 1. The van der Waals surface area contributed by atoms with Crippen LogP contribution < -0.4 is 16.8 Å². The molecule has 1 fully saturated rings. The fourth-order valence-electron chi connectivity index (χ4n) is 5.82. The van der Waals surface area contributed by atoms with E-state index in [4.69, 9.17) is 44.1 Å². The molecule has 46 heavy (non-hydrogen) atoms. The zero-order chi connectivity index (χ0) is 33.2. The van der Waals surface area contributed by atoms with Crippen molar-refractivity contribution in [2.75, 3.05) is 53.5 Å². The molecule has 2 heterocycles. The Kier molecular flexibility index (Phi) is 12.5. The van der Waals surface area contributed by atoms with Gasteiger partial charge in [-0.15, -0.1) is 0 Å². The van der Waals surface area contributed by atoms with Gasteiger partial charge in [-0.25, -0.2) is 9.59 Å². The van der Waals surface area contributed by atoms with Crippen molar-refractivity contribution in [3.63, 3.8) is 0 Å². The van der Waals surface area contributed by atoms with Crippen LogP contribution in [0.5, 0.6) is 0 Å². The number of amides is 1. The van der Waals surface area contributed by atoms with E-state index in [0.29, 0.717) is 62.5 Å². The first-order valence-corrected chi connectivity index (χ1v) is 15.8. The molecule has 0 aliphatic carbocycles. The fourth-order valence-corrected chi connectivity index (χ4v) is 6.44. The summed E-state index contributed by atoms with van der Waals surface area (Å²) >= 11 is 13.4. The van der Waals surface area contributed by atoms with E-state index in [1.807, 2.05) is 30.3 Å². The molecule has 11 nitrogen and oxygen atoms in total. The Morgan fingerprint density at radius 1 is 0.870 bits per heavy atom. The summed E-state index contributed by atoms with van der Waals surface area (Å²) < 4.78 is 10.5. The van der Waals surface area contributed by atoms with Crippen LogP contribution in [0.3, 0.4) is 0 Å². The first-order chi connectivity index (χ1) is 22.1. The quantitative estimate of drug-likeness (QED) is 0.134. The number of methoxy groups -OCH3 is 2. The SMILES string of the molecule is COC(=O)C1=C(CCc2ccccc2)NC(CC(=O)N2CCN(CCCN=C(N)N)CC2)=C(C(=O)OC)C1c1c(Cl)cccc1Cl. The molecule has 1 atom stereocenters. The predicted molar refractivity (Wildman–Crippen MR) is 178 cm³/mol. The molecule has 0 aromatic heterocycles. The molecule has 1 saturated heterocycles. The number of hydrogen-bond donors (Lipinski definition) is 3. The van der Waals surface area contributed by atoms with Crippen LogP contribution in [0.25, 0.3) is 0 Å². The first kappa shape index (κ1) is 34.8. The van der Waals surface area contributed by atoms with Gasteiger partial charge in [-0.1, -0.05) is 59.6 Å². The topological polar surface area (TPSA) is 153 Å². The molecule has 5 N–H and O–H groups in total. The second kappa shape index (κ2) is 16.5. The number of nitrogens with zero attached hydrogens (tertiary/aromatic N) is 3. The highest BCUT2D eigenvalue weighted by atomic mass is 35.5. The average Bonchev–Trinajstić information content (AvgIpc) is 3.05. The predicted octanol–water partition coefficient (Wildman–Crippen LogP) is 3.37. The minimum atomic E-state index is -1.04. The number of guanidine groups is 1. The van der Waals surface area contributed by atoms with E-state index in [9.17, 15) is 14.4 Å². The molecule has 246 valence electrons. The van der Waals surface area contributed by atoms with E-state index in [0.717, 1.165) is 18.5 Å².